The third kappa shape index (κ3) is 4.84. The predicted molar refractivity (Wildman–Crippen MR) is 132 cm³/mol. The lowest BCUT2D eigenvalue weighted by Gasteiger charge is -2.13. The highest BCUT2D eigenvalue weighted by atomic mass is 19.1. The third-order valence-electron chi connectivity index (χ3n) is 5.28. The van der Waals surface area contributed by atoms with E-state index in [0.717, 1.165) is 0 Å². The van der Waals surface area contributed by atoms with Gasteiger partial charge in [-0.3, -0.25) is 14.7 Å². The van der Waals surface area contributed by atoms with E-state index >= 15 is 0 Å². The highest BCUT2D eigenvalue weighted by molar-refractivity contribution is 5.99. The minimum absolute atomic E-state index is 0.0973. The average Bonchev–Trinajstić information content (AvgIpc) is 3.29. The number of hydrogen-bond donors (Lipinski definition) is 3. The summed E-state index contributed by atoms with van der Waals surface area (Å²) in [6.45, 7) is 7.99. The SMILES string of the molecule is CCn1c(=O)c(-c2ccc(F)c(NC(=O)Nc3cnc(C(C)(C)C)o3)c2)cc2cnc(NC)nc21. The van der Waals surface area contributed by atoms with Crippen molar-refractivity contribution in [1.82, 2.24) is 19.5 Å². The van der Waals surface area contributed by atoms with E-state index < -0.39 is 11.8 Å². The van der Waals surface area contributed by atoms with Gasteiger partial charge in [0.15, 0.2) is 0 Å². The van der Waals surface area contributed by atoms with Crippen LogP contribution in [0.2, 0.25) is 0 Å². The van der Waals surface area contributed by atoms with E-state index in [0.29, 0.717) is 40.5 Å². The number of anilines is 3. The van der Waals surface area contributed by atoms with Crippen LogP contribution in [0.4, 0.5) is 26.7 Å². The first kappa shape index (κ1) is 23.9. The number of aromatic nitrogens is 4. The average molecular weight is 480 g/mol. The Morgan fingerprint density at radius 3 is 2.57 bits per heavy atom. The first-order valence-corrected chi connectivity index (χ1v) is 11.0. The van der Waals surface area contributed by atoms with Gasteiger partial charge >= 0.3 is 6.03 Å². The van der Waals surface area contributed by atoms with E-state index in [4.69, 9.17) is 4.42 Å². The van der Waals surface area contributed by atoms with Crippen LogP contribution >= 0.6 is 0 Å². The summed E-state index contributed by atoms with van der Waals surface area (Å²) < 4.78 is 21.6. The maximum absolute atomic E-state index is 14.5. The van der Waals surface area contributed by atoms with Gasteiger partial charge in [0.2, 0.25) is 17.7 Å². The van der Waals surface area contributed by atoms with Crippen molar-refractivity contribution < 1.29 is 13.6 Å². The highest BCUT2D eigenvalue weighted by Crippen LogP contribution is 2.27. The standard InChI is InChI=1S/C24H26FN7O3/c1-6-32-19-14(11-28-22(26-5)31-19)9-15(20(32)33)13-7-8-16(25)17(10-13)29-23(34)30-18-12-27-21(35-18)24(2,3)4/h7-12H,6H2,1-5H3,(H,26,28,31)(H2,29,30,34). The normalized spacial score (nSPS) is 11.5. The number of benzene rings is 1. The van der Waals surface area contributed by atoms with Gasteiger partial charge < -0.3 is 15.1 Å². The van der Waals surface area contributed by atoms with Crippen molar-refractivity contribution >= 4 is 34.6 Å². The quantitative estimate of drug-likeness (QED) is 0.382. The molecule has 1 aromatic carbocycles. The van der Waals surface area contributed by atoms with Gasteiger partial charge in [-0.15, -0.1) is 0 Å². The zero-order valence-electron chi connectivity index (χ0n) is 20.1. The number of carbonyl (C=O) groups excluding carboxylic acids is 1. The second-order valence-corrected chi connectivity index (χ2v) is 8.88. The molecule has 2 amide bonds. The van der Waals surface area contributed by atoms with Crippen LogP contribution in [-0.2, 0) is 12.0 Å². The number of rotatable bonds is 5. The Labute approximate surface area is 200 Å². The minimum atomic E-state index is -0.713. The third-order valence-corrected chi connectivity index (χ3v) is 5.28. The van der Waals surface area contributed by atoms with Gasteiger partial charge in [-0.05, 0) is 30.7 Å². The molecule has 0 bridgehead atoms. The second-order valence-electron chi connectivity index (χ2n) is 8.88. The molecule has 0 aliphatic rings. The van der Waals surface area contributed by atoms with Gasteiger partial charge in [-0.1, -0.05) is 26.8 Å². The van der Waals surface area contributed by atoms with Crippen LogP contribution in [-0.4, -0.2) is 32.6 Å². The Hall–Kier alpha value is -4.28. The number of nitrogens with one attached hydrogen (secondary N) is 3. The number of nitrogens with zero attached hydrogens (tertiary/aromatic N) is 4. The molecule has 35 heavy (non-hydrogen) atoms. The monoisotopic (exact) mass is 479 g/mol. The van der Waals surface area contributed by atoms with E-state index in [2.05, 4.69) is 30.9 Å². The predicted octanol–water partition coefficient (Wildman–Crippen LogP) is 4.59. The topological polar surface area (TPSA) is 127 Å². The molecule has 0 atom stereocenters. The van der Waals surface area contributed by atoms with E-state index in [1.807, 2.05) is 27.7 Å². The second kappa shape index (κ2) is 9.16. The van der Waals surface area contributed by atoms with Crippen LogP contribution in [0.3, 0.4) is 0 Å². The van der Waals surface area contributed by atoms with E-state index in [1.165, 1.54) is 29.0 Å². The Balaban J connectivity index is 1.65. The molecule has 0 unspecified atom stereocenters. The number of pyridine rings is 1. The lowest BCUT2D eigenvalue weighted by atomic mass is 9.97. The summed E-state index contributed by atoms with van der Waals surface area (Å²) in [6, 6.07) is 5.02. The lowest BCUT2D eigenvalue weighted by Crippen LogP contribution is -2.23. The summed E-state index contributed by atoms with van der Waals surface area (Å²) in [5.74, 6) is 0.323. The molecule has 0 radical (unpaired) electrons. The number of amides is 2. The molecular weight excluding hydrogens is 453 g/mol. The van der Waals surface area contributed by atoms with Gasteiger partial charge in [0.25, 0.3) is 5.56 Å². The molecule has 0 aliphatic carbocycles. The fraction of sp³-hybridized carbons (Fsp3) is 0.292. The van der Waals surface area contributed by atoms with Gasteiger partial charge in [0.05, 0.1) is 11.9 Å². The summed E-state index contributed by atoms with van der Waals surface area (Å²) in [7, 11) is 1.69. The molecule has 0 aliphatic heterocycles. The Kier molecular flexibility index (Phi) is 6.25. The molecule has 4 aromatic rings. The molecule has 3 N–H and O–H groups in total. The van der Waals surface area contributed by atoms with Crippen LogP contribution in [0.1, 0.15) is 33.6 Å². The van der Waals surface area contributed by atoms with Crippen molar-refractivity contribution in [1.29, 1.82) is 0 Å². The molecule has 0 saturated heterocycles. The Morgan fingerprint density at radius 1 is 1.14 bits per heavy atom. The van der Waals surface area contributed by atoms with Crippen molar-refractivity contribution in [3.63, 3.8) is 0 Å². The molecule has 0 spiro atoms. The smallest absolute Gasteiger partial charge is 0.326 e. The van der Waals surface area contributed by atoms with Crippen LogP contribution in [0, 0.1) is 5.82 Å². The molecule has 10 nitrogen and oxygen atoms in total. The van der Waals surface area contributed by atoms with Crippen LogP contribution < -0.4 is 21.5 Å². The number of halogens is 1. The van der Waals surface area contributed by atoms with Crippen molar-refractivity contribution in [2.45, 2.75) is 39.7 Å². The number of carbonyl (C=O) groups is 1. The summed E-state index contributed by atoms with van der Waals surface area (Å²) in [6.07, 6.45) is 3.00. The molecule has 11 heteroatoms. The van der Waals surface area contributed by atoms with Crippen molar-refractivity contribution in [3.05, 3.63) is 58.7 Å². The van der Waals surface area contributed by atoms with Gasteiger partial charge in [0.1, 0.15) is 11.5 Å². The minimum Gasteiger partial charge on any atom is -0.424 e. The van der Waals surface area contributed by atoms with Crippen LogP contribution in [0.15, 0.2) is 45.9 Å². The van der Waals surface area contributed by atoms with Gasteiger partial charge in [-0.25, -0.2) is 19.2 Å². The first-order chi connectivity index (χ1) is 16.6. The number of fused-ring (bicyclic) bond motifs is 1. The van der Waals surface area contributed by atoms with Crippen molar-refractivity contribution in [2.75, 3.05) is 23.0 Å². The number of hydrogen-bond acceptors (Lipinski definition) is 7. The summed E-state index contributed by atoms with van der Waals surface area (Å²) in [5.41, 5.74) is 0.528. The van der Waals surface area contributed by atoms with Crippen molar-refractivity contribution in [2.24, 2.45) is 0 Å². The summed E-state index contributed by atoms with van der Waals surface area (Å²) in [5, 5.41) is 8.47. The van der Waals surface area contributed by atoms with Gasteiger partial charge in [0, 0.05) is 36.2 Å². The van der Waals surface area contributed by atoms with Crippen LogP contribution in [0.25, 0.3) is 22.2 Å². The Bertz CT molecular complexity index is 1470. The van der Waals surface area contributed by atoms with E-state index in [9.17, 15) is 14.0 Å². The fourth-order valence-corrected chi connectivity index (χ4v) is 3.51. The molecular formula is C24H26FN7O3. The van der Waals surface area contributed by atoms with Gasteiger partial charge in [-0.2, -0.15) is 4.98 Å². The fourth-order valence-electron chi connectivity index (χ4n) is 3.51. The number of oxazole rings is 1. The molecule has 3 heterocycles. The largest absolute Gasteiger partial charge is 0.424 e. The van der Waals surface area contributed by atoms with Crippen LogP contribution in [0.5, 0.6) is 0 Å². The Morgan fingerprint density at radius 2 is 1.91 bits per heavy atom. The molecule has 3 aromatic heterocycles. The van der Waals surface area contributed by atoms with E-state index in [-0.39, 0.29) is 22.5 Å². The summed E-state index contributed by atoms with van der Waals surface area (Å²) in [4.78, 5) is 38.5. The maximum Gasteiger partial charge on any atom is 0.326 e. The lowest BCUT2D eigenvalue weighted by molar-refractivity contribution is 0.261. The molecule has 4 rings (SSSR count). The zero-order chi connectivity index (χ0) is 25.3. The maximum atomic E-state index is 14.5. The summed E-state index contributed by atoms with van der Waals surface area (Å²) >= 11 is 0. The zero-order valence-corrected chi connectivity index (χ0v) is 20.1. The van der Waals surface area contributed by atoms with E-state index in [1.54, 1.807) is 19.3 Å². The highest BCUT2D eigenvalue weighted by Gasteiger charge is 2.21. The molecule has 182 valence electrons. The number of aryl methyl sites for hydroxylation is 1. The number of urea groups is 1. The molecule has 0 fully saturated rings. The first-order valence-electron chi connectivity index (χ1n) is 11.0. The molecule has 0 saturated carbocycles. The van der Waals surface area contributed by atoms with Crippen molar-refractivity contribution in [3.8, 4) is 11.1 Å².